The van der Waals surface area contributed by atoms with Crippen molar-refractivity contribution in [2.45, 2.75) is 13.8 Å². The van der Waals surface area contributed by atoms with Gasteiger partial charge in [-0.25, -0.2) is 9.97 Å². The molecule has 0 atom stereocenters. The van der Waals surface area contributed by atoms with Gasteiger partial charge in [-0.2, -0.15) is 0 Å². The summed E-state index contributed by atoms with van der Waals surface area (Å²) in [5.74, 6) is 1.12. The van der Waals surface area contributed by atoms with Crippen molar-refractivity contribution in [3.8, 4) is 11.3 Å². The first-order chi connectivity index (χ1) is 12.5. The van der Waals surface area contributed by atoms with Gasteiger partial charge in [0.05, 0.1) is 28.6 Å². The smallest absolute Gasteiger partial charge is 0.268 e. The van der Waals surface area contributed by atoms with Crippen LogP contribution >= 0.6 is 11.3 Å². The van der Waals surface area contributed by atoms with Crippen molar-refractivity contribution in [1.82, 2.24) is 24.7 Å². The number of thiazole rings is 1. The second kappa shape index (κ2) is 6.30. The number of amides is 1. The van der Waals surface area contributed by atoms with Crippen LogP contribution in [-0.4, -0.2) is 30.6 Å². The average Bonchev–Trinajstić information content (AvgIpc) is 3.21. The number of hydrogen-bond acceptors (Lipinski definition) is 6. The summed E-state index contributed by atoms with van der Waals surface area (Å²) in [5.41, 5.74) is 2.81. The Morgan fingerprint density at radius 1 is 1.12 bits per heavy atom. The fraction of sp³-hybridized carbons (Fsp3) is 0.167. The van der Waals surface area contributed by atoms with Gasteiger partial charge in [0.1, 0.15) is 10.7 Å². The number of fused-ring (bicyclic) bond motifs is 1. The fourth-order valence-electron chi connectivity index (χ4n) is 2.68. The third-order valence-electron chi connectivity index (χ3n) is 4.19. The zero-order chi connectivity index (χ0) is 18.3. The molecule has 3 heterocycles. The number of aryl methyl sites for hydroxylation is 2. The minimum absolute atomic E-state index is 0.234. The van der Waals surface area contributed by atoms with E-state index in [-0.39, 0.29) is 5.91 Å². The molecule has 8 heteroatoms. The molecule has 0 aliphatic rings. The number of nitrogens with zero attached hydrogens (tertiary/aromatic N) is 5. The Morgan fingerprint density at radius 3 is 2.65 bits per heavy atom. The number of carbonyl (C=O) groups is 1. The summed E-state index contributed by atoms with van der Waals surface area (Å²) >= 11 is 1.34. The molecule has 0 aliphatic carbocycles. The first-order valence-corrected chi connectivity index (χ1v) is 8.83. The number of nitrogens with one attached hydrogen (secondary N) is 1. The zero-order valence-corrected chi connectivity index (χ0v) is 15.3. The number of hydrogen-bond donors (Lipinski definition) is 1. The Kier molecular flexibility index (Phi) is 3.96. The lowest BCUT2D eigenvalue weighted by molar-refractivity contribution is 0.103. The Morgan fingerprint density at radius 2 is 1.96 bits per heavy atom. The van der Waals surface area contributed by atoms with Crippen LogP contribution in [0, 0.1) is 13.8 Å². The molecule has 1 N–H and O–H groups in total. The number of imidazole rings is 1. The van der Waals surface area contributed by atoms with E-state index in [1.807, 2.05) is 55.9 Å². The molecule has 0 saturated heterocycles. The number of carbonyl (C=O) groups excluding carboxylic acids is 1. The predicted octanol–water partition coefficient (Wildman–Crippen LogP) is 3.36. The van der Waals surface area contributed by atoms with E-state index in [2.05, 4.69) is 25.5 Å². The molecule has 0 radical (unpaired) electrons. The van der Waals surface area contributed by atoms with Crippen LogP contribution in [0.15, 0.2) is 36.7 Å². The van der Waals surface area contributed by atoms with E-state index in [0.29, 0.717) is 10.7 Å². The summed E-state index contributed by atoms with van der Waals surface area (Å²) in [6.07, 6.45) is 3.41. The highest BCUT2D eigenvalue weighted by molar-refractivity contribution is 7.13. The number of aromatic nitrogens is 5. The fourth-order valence-corrected chi connectivity index (χ4v) is 3.35. The van der Waals surface area contributed by atoms with Gasteiger partial charge in [0.25, 0.3) is 5.91 Å². The van der Waals surface area contributed by atoms with Crippen molar-refractivity contribution < 1.29 is 4.79 Å². The van der Waals surface area contributed by atoms with Crippen molar-refractivity contribution in [3.05, 3.63) is 52.4 Å². The Balaban J connectivity index is 1.67. The maximum absolute atomic E-state index is 12.3. The minimum atomic E-state index is -0.234. The van der Waals surface area contributed by atoms with E-state index < -0.39 is 0 Å². The zero-order valence-electron chi connectivity index (χ0n) is 14.5. The molecule has 4 aromatic rings. The molecule has 0 unspecified atom stereocenters. The molecule has 1 amide bonds. The molecule has 0 aliphatic heterocycles. The van der Waals surface area contributed by atoms with E-state index in [9.17, 15) is 4.79 Å². The predicted molar refractivity (Wildman–Crippen MR) is 101 cm³/mol. The lowest BCUT2D eigenvalue weighted by Gasteiger charge is -2.07. The molecule has 130 valence electrons. The number of anilines is 1. The van der Waals surface area contributed by atoms with E-state index in [1.165, 1.54) is 11.3 Å². The van der Waals surface area contributed by atoms with Crippen LogP contribution in [0.3, 0.4) is 0 Å². The van der Waals surface area contributed by atoms with Crippen molar-refractivity contribution in [1.29, 1.82) is 0 Å². The van der Waals surface area contributed by atoms with Gasteiger partial charge >= 0.3 is 0 Å². The molecule has 1 aromatic carbocycles. The lowest BCUT2D eigenvalue weighted by atomic mass is 10.1. The van der Waals surface area contributed by atoms with Gasteiger partial charge in [-0.1, -0.05) is 6.07 Å². The minimum Gasteiger partial charge on any atom is -0.331 e. The second-order valence-electron chi connectivity index (χ2n) is 5.95. The van der Waals surface area contributed by atoms with Crippen LogP contribution in [0.1, 0.15) is 20.5 Å². The van der Waals surface area contributed by atoms with Crippen LogP contribution in [0.5, 0.6) is 0 Å². The quantitative estimate of drug-likeness (QED) is 0.602. The molecule has 0 bridgehead atoms. The molecular weight excluding hydrogens is 348 g/mol. The van der Waals surface area contributed by atoms with Crippen molar-refractivity contribution in [2.24, 2.45) is 7.05 Å². The standard InChI is InChI=1S/C18H16N6OS/c1-10-19-8-15(24(10)3)12-4-5-14-13(6-12)7-17(23-22-14)21-18(25)16-9-20-11(2)26-16/h4-9H,1-3H3,(H,21,23,25). The van der Waals surface area contributed by atoms with Gasteiger partial charge in [0.15, 0.2) is 5.82 Å². The van der Waals surface area contributed by atoms with Gasteiger partial charge in [0.2, 0.25) is 0 Å². The highest BCUT2D eigenvalue weighted by Gasteiger charge is 2.12. The summed E-state index contributed by atoms with van der Waals surface area (Å²) in [7, 11) is 1.98. The first-order valence-electron chi connectivity index (χ1n) is 8.01. The van der Waals surface area contributed by atoms with Crippen LogP contribution in [0.2, 0.25) is 0 Å². The molecule has 7 nitrogen and oxygen atoms in total. The summed E-state index contributed by atoms with van der Waals surface area (Å²) in [6, 6.07) is 7.75. The third kappa shape index (κ3) is 2.95. The van der Waals surface area contributed by atoms with Crippen LogP contribution < -0.4 is 5.32 Å². The summed E-state index contributed by atoms with van der Waals surface area (Å²) < 4.78 is 2.03. The molecular formula is C18H16N6OS. The highest BCUT2D eigenvalue weighted by atomic mass is 32.1. The normalized spacial score (nSPS) is 11.0. The topological polar surface area (TPSA) is 85.6 Å². The number of benzene rings is 1. The number of rotatable bonds is 3. The Labute approximate surface area is 153 Å². The van der Waals surface area contributed by atoms with Gasteiger partial charge < -0.3 is 9.88 Å². The SMILES string of the molecule is Cc1ncc(C(=O)Nc2cc3cc(-c4cnc(C)n4C)ccc3nn2)s1. The van der Waals surface area contributed by atoms with Gasteiger partial charge in [-0.05, 0) is 32.0 Å². The summed E-state index contributed by atoms with van der Waals surface area (Å²) in [5, 5.41) is 12.8. The monoisotopic (exact) mass is 364 g/mol. The van der Waals surface area contributed by atoms with Crippen molar-refractivity contribution >= 4 is 34.0 Å². The van der Waals surface area contributed by atoms with Gasteiger partial charge in [-0.15, -0.1) is 21.5 Å². The molecule has 0 saturated carbocycles. The average molecular weight is 364 g/mol. The van der Waals surface area contributed by atoms with E-state index in [1.54, 1.807) is 6.20 Å². The molecule has 0 spiro atoms. The lowest BCUT2D eigenvalue weighted by Crippen LogP contribution is -2.11. The van der Waals surface area contributed by atoms with E-state index in [0.717, 1.165) is 33.0 Å². The summed E-state index contributed by atoms with van der Waals surface area (Å²) in [4.78, 5) is 21.3. The molecule has 0 fully saturated rings. The first kappa shape index (κ1) is 16.3. The van der Waals surface area contributed by atoms with E-state index >= 15 is 0 Å². The molecule has 26 heavy (non-hydrogen) atoms. The summed E-state index contributed by atoms with van der Waals surface area (Å²) in [6.45, 7) is 3.82. The molecule has 4 rings (SSSR count). The highest BCUT2D eigenvalue weighted by Crippen LogP contribution is 2.25. The van der Waals surface area contributed by atoms with Crippen LogP contribution in [-0.2, 0) is 7.05 Å². The van der Waals surface area contributed by atoms with Crippen molar-refractivity contribution in [2.75, 3.05) is 5.32 Å². The van der Waals surface area contributed by atoms with Crippen LogP contribution in [0.4, 0.5) is 5.82 Å². The second-order valence-corrected chi connectivity index (χ2v) is 7.19. The largest absolute Gasteiger partial charge is 0.331 e. The van der Waals surface area contributed by atoms with Crippen molar-refractivity contribution in [3.63, 3.8) is 0 Å². The maximum atomic E-state index is 12.3. The van der Waals surface area contributed by atoms with E-state index in [4.69, 9.17) is 0 Å². The van der Waals surface area contributed by atoms with Gasteiger partial charge in [-0.3, -0.25) is 4.79 Å². The Bertz CT molecular complexity index is 1130. The third-order valence-corrected chi connectivity index (χ3v) is 5.10. The molecule has 3 aromatic heterocycles. The Hall–Kier alpha value is -3.13. The van der Waals surface area contributed by atoms with Gasteiger partial charge in [0, 0.05) is 18.0 Å². The maximum Gasteiger partial charge on any atom is 0.268 e. The van der Waals surface area contributed by atoms with Crippen LogP contribution in [0.25, 0.3) is 22.2 Å².